The van der Waals surface area contributed by atoms with Crippen LogP contribution in [0.3, 0.4) is 0 Å². The van der Waals surface area contributed by atoms with Crippen LogP contribution in [0, 0.1) is 24.4 Å². The molecular weight excluding hydrogens is 347 g/mol. The van der Waals surface area contributed by atoms with E-state index in [-0.39, 0.29) is 12.6 Å². The summed E-state index contributed by atoms with van der Waals surface area (Å²) in [4.78, 5) is 16.0. The van der Waals surface area contributed by atoms with Crippen LogP contribution in [0.5, 0.6) is 0 Å². The van der Waals surface area contributed by atoms with E-state index in [0.29, 0.717) is 0 Å². The van der Waals surface area contributed by atoms with Gasteiger partial charge in [0.05, 0.1) is 18.2 Å². The number of aliphatic hydroxyl groups is 1. The second-order valence-electron chi connectivity index (χ2n) is 5.25. The van der Waals surface area contributed by atoms with Gasteiger partial charge in [-0.3, -0.25) is 4.99 Å². The standard InChI is InChI=1S/C16H15ClF3NO3/c1-3-24-16(23)9(6-21-8-4-5-8)15(22)10-7(2)12(18)14(20)11(17)13(10)19/h6,8,22H,3-5H2,1-2H3. The van der Waals surface area contributed by atoms with E-state index in [1.807, 2.05) is 0 Å². The van der Waals surface area contributed by atoms with E-state index in [1.54, 1.807) is 6.92 Å². The number of hydrogen-bond donors (Lipinski definition) is 1. The lowest BCUT2D eigenvalue weighted by atomic mass is 10.0. The number of nitrogens with zero attached hydrogens (tertiary/aromatic N) is 1. The molecule has 0 unspecified atom stereocenters. The molecule has 1 aromatic carbocycles. The number of benzene rings is 1. The van der Waals surface area contributed by atoms with Gasteiger partial charge in [-0.25, -0.2) is 18.0 Å². The van der Waals surface area contributed by atoms with Gasteiger partial charge < -0.3 is 9.84 Å². The Kier molecular flexibility index (Phi) is 5.54. The molecule has 4 nitrogen and oxygen atoms in total. The van der Waals surface area contributed by atoms with Crippen molar-refractivity contribution in [3.8, 4) is 0 Å². The Hall–Kier alpha value is -2.02. The molecule has 1 saturated carbocycles. The van der Waals surface area contributed by atoms with Crippen LogP contribution in [0.15, 0.2) is 10.6 Å². The monoisotopic (exact) mass is 361 g/mol. The molecule has 2 rings (SSSR count). The molecule has 130 valence electrons. The molecule has 24 heavy (non-hydrogen) atoms. The second kappa shape index (κ2) is 7.25. The van der Waals surface area contributed by atoms with Crippen LogP contribution in [0.2, 0.25) is 5.02 Å². The first-order chi connectivity index (χ1) is 11.3. The Labute approximate surface area is 141 Å². The Morgan fingerprint density at radius 1 is 1.33 bits per heavy atom. The molecule has 1 N–H and O–H groups in total. The van der Waals surface area contributed by atoms with Crippen molar-refractivity contribution < 1.29 is 27.8 Å². The van der Waals surface area contributed by atoms with E-state index >= 15 is 0 Å². The zero-order chi connectivity index (χ0) is 18.0. The maximum atomic E-state index is 14.2. The Morgan fingerprint density at radius 2 is 1.96 bits per heavy atom. The van der Waals surface area contributed by atoms with Crippen LogP contribution in [0.25, 0.3) is 5.76 Å². The van der Waals surface area contributed by atoms with Crippen molar-refractivity contribution in [1.29, 1.82) is 0 Å². The third-order valence-corrected chi connectivity index (χ3v) is 3.78. The SMILES string of the molecule is CCOC(=O)C(C=NC1CC1)=C(O)c1c(C)c(F)c(F)c(Cl)c1F. The first kappa shape index (κ1) is 18.3. The van der Waals surface area contributed by atoms with E-state index in [4.69, 9.17) is 16.3 Å². The number of hydrogen-bond acceptors (Lipinski definition) is 4. The van der Waals surface area contributed by atoms with E-state index < -0.39 is 50.9 Å². The van der Waals surface area contributed by atoms with Gasteiger partial charge in [0.25, 0.3) is 0 Å². The number of ether oxygens (including phenoxy) is 1. The van der Waals surface area contributed by atoms with Crippen LogP contribution >= 0.6 is 11.6 Å². The average Bonchev–Trinajstić information content (AvgIpc) is 3.36. The van der Waals surface area contributed by atoms with Crippen LogP contribution in [0.1, 0.15) is 30.9 Å². The number of aliphatic imine (C=N–C) groups is 1. The van der Waals surface area contributed by atoms with Crippen molar-refractivity contribution in [2.75, 3.05) is 6.61 Å². The molecule has 1 aromatic rings. The Bertz CT molecular complexity index is 714. The minimum atomic E-state index is -1.56. The lowest BCUT2D eigenvalue weighted by Crippen LogP contribution is -2.13. The first-order valence-electron chi connectivity index (χ1n) is 7.26. The van der Waals surface area contributed by atoms with Crippen molar-refractivity contribution >= 4 is 29.5 Å². The molecule has 0 radical (unpaired) electrons. The third kappa shape index (κ3) is 3.56. The molecule has 0 saturated heterocycles. The quantitative estimate of drug-likeness (QED) is 0.214. The highest BCUT2D eigenvalue weighted by atomic mass is 35.5. The van der Waals surface area contributed by atoms with Crippen LogP contribution < -0.4 is 0 Å². The van der Waals surface area contributed by atoms with Gasteiger partial charge >= 0.3 is 5.97 Å². The van der Waals surface area contributed by atoms with E-state index in [9.17, 15) is 23.1 Å². The van der Waals surface area contributed by atoms with E-state index in [1.165, 1.54) is 0 Å². The van der Waals surface area contributed by atoms with E-state index in [2.05, 4.69) is 4.99 Å². The molecule has 0 aromatic heterocycles. The highest BCUT2D eigenvalue weighted by Crippen LogP contribution is 2.33. The number of carbonyl (C=O) groups is 1. The van der Waals surface area contributed by atoms with Gasteiger partial charge in [-0.2, -0.15) is 0 Å². The van der Waals surface area contributed by atoms with Crippen molar-refractivity contribution in [2.24, 2.45) is 4.99 Å². The summed E-state index contributed by atoms with van der Waals surface area (Å²) < 4.78 is 46.3. The smallest absolute Gasteiger partial charge is 0.343 e. The molecule has 0 bridgehead atoms. The minimum absolute atomic E-state index is 0.00683. The molecular formula is C16H15ClF3NO3. The van der Waals surface area contributed by atoms with Crippen LogP contribution in [0.4, 0.5) is 13.2 Å². The molecule has 1 aliphatic rings. The van der Waals surface area contributed by atoms with Gasteiger partial charge in [0.2, 0.25) is 0 Å². The second-order valence-corrected chi connectivity index (χ2v) is 5.63. The molecule has 0 heterocycles. The summed E-state index contributed by atoms with van der Waals surface area (Å²) in [6, 6.07) is 0.0155. The molecule has 0 spiro atoms. The van der Waals surface area contributed by atoms with Crippen LogP contribution in [-0.2, 0) is 9.53 Å². The van der Waals surface area contributed by atoms with Gasteiger partial charge in [0, 0.05) is 11.8 Å². The maximum absolute atomic E-state index is 14.2. The lowest BCUT2D eigenvalue weighted by Gasteiger charge is -2.13. The zero-order valence-corrected chi connectivity index (χ0v) is 13.8. The van der Waals surface area contributed by atoms with Gasteiger partial charge in [0.15, 0.2) is 17.5 Å². The summed E-state index contributed by atoms with van der Waals surface area (Å²) in [5.41, 5.74) is -1.68. The Balaban J connectivity index is 2.64. The van der Waals surface area contributed by atoms with Crippen molar-refractivity contribution in [2.45, 2.75) is 32.7 Å². The van der Waals surface area contributed by atoms with Crippen molar-refractivity contribution in [1.82, 2.24) is 0 Å². The van der Waals surface area contributed by atoms with Gasteiger partial charge in [-0.05, 0) is 26.7 Å². The van der Waals surface area contributed by atoms with Gasteiger partial charge in [-0.15, -0.1) is 0 Å². The average molecular weight is 362 g/mol. The van der Waals surface area contributed by atoms with Gasteiger partial charge in [0.1, 0.15) is 16.4 Å². The summed E-state index contributed by atoms with van der Waals surface area (Å²) in [7, 11) is 0. The fourth-order valence-electron chi connectivity index (χ4n) is 1.98. The Morgan fingerprint density at radius 3 is 2.50 bits per heavy atom. The molecule has 0 atom stereocenters. The number of halogens is 4. The molecule has 0 aliphatic heterocycles. The molecule has 1 aliphatic carbocycles. The predicted molar refractivity (Wildman–Crippen MR) is 83.8 cm³/mol. The first-order valence-corrected chi connectivity index (χ1v) is 7.63. The predicted octanol–water partition coefficient (Wildman–Crippen LogP) is 4.13. The van der Waals surface area contributed by atoms with Crippen molar-refractivity contribution in [3.63, 3.8) is 0 Å². The fraction of sp³-hybridized carbons (Fsp3) is 0.375. The van der Waals surface area contributed by atoms with Crippen molar-refractivity contribution in [3.05, 3.63) is 39.2 Å². The van der Waals surface area contributed by atoms with Crippen LogP contribution in [-0.4, -0.2) is 29.9 Å². The summed E-state index contributed by atoms with van der Waals surface area (Å²) in [6.45, 7) is 2.61. The minimum Gasteiger partial charge on any atom is -0.506 e. The largest absolute Gasteiger partial charge is 0.506 e. The number of esters is 1. The summed E-state index contributed by atoms with van der Waals surface area (Å²) in [5, 5.41) is 9.20. The highest BCUT2D eigenvalue weighted by molar-refractivity contribution is 6.31. The van der Waals surface area contributed by atoms with E-state index in [0.717, 1.165) is 26.0 Å². The summed E-state index contributed by atoms with van der Waals surface area (Å²) >= 11 is 5.41. The lowest BCUT2D eigenvalue weighted by molar-refractivity contribution is -0.137. The number of aliphatic hydroxyl groups excluding tert-OH is 1. The molecule has 1 fully saturated rings. The normalized spacial score (nSPS) is 15.6. The summed E-state index contributed by atoms with van der Waals surface area (Å²) in [6.07, 6.45) is 2.72. The molecule has 8 heteroatoms. The third-order valence-electron chi connectivity index (χ3n) is 3.45. The highest BCUT2D eigenvalue weighted by Gasteiger charge is 2.28. The topological polar surface area (TPSA) is 58.9 Å². The maximum Gasteiger partial charge on any atom is 0.343 e. The molecule has 0 amide bonds. The number of rotatable bonds is 5. The number of carbonyl (C=O) groups excluding carboxylic acids is 1. The zero-order valence-electron chi connectivity index (χ0n) is 13.0. The van der Waals surface area contributed by atoms with Gasteiger partial charge in [-0.1, -0.05) is 11.6 Å². The fourth-order valence-corrected chi connectivity index (χ4v) is 2.16. The summed E-state index contributed by atoms with van der Waals surface area (Å²) in [5.74, 6) is -6.21.